The quantitative estimate of drug-likeness (QED) is 0.887. The van der Waals surface area contributed by atoms with Crippen molar-refractivity contribution in [3.8, 4) is 5.75 Å². The molecule has 1 saturated heterocycles. The number of ether oxygens (including phenoxy) is 1. The molecule has 1 heterocycles. The summed E-state index contributed by atoms with van der Waals surface area (Å²) in [5.74, 6) is 0.722. The fourth-order valence-electron chi connectivity index (χ4n) is 1.98. The van der Waals surface area contributed by atoms with Gasteiger partial charge in [-0.2, -0.15) is 0 Å². The van der Waals surface area contributed by atoms with Crippen LogP contribution in [-0.4, -0.2) is 29.8 Å². The summed E-state index contributed by atoms with van der Waals surface area (Å²) in [4.78, 5) is 13.3. The van der Waals surface area contributed by atoms with Gasteiger partial charge in [0.2, 0.25) is 5.91 Å². The largest absolute Gasteiger partial charge is 0.491 e. The molecule has 0 aliphatic carbocycles. The second-order valence-electron chi connectivity index (χ2n) is 4.70. The zero-order chi connectivity index (χ0) is 13.1. The second kappa shape index (κ2) is 5.40. The summed E-state index contributed by atoms with van der Waals surface area (Å²) in [7, 11) is 0. The van der Waals surface area contributed by atoms with E-state index in [-0.39, 0.29) is 18.4 Å². The van der Waals surface area contributed by atoms with E-state index < -0.39 is 6.10 Å². The van der Waals surface area contributed by atoms with Gasteiger partial charge in [0.05, 0.1) is 25.2 Å². The van der Waals surface area contributed by atoms with Crippen molar-refractivity contribution in [2.45, 2.75) is 38.9 Å². The van der Waals surface area contributed by atoms with Crippen molar-refractivity contribution >= 4 is 11.6 Å². The molecule has 1 fully saturated rings. The molecular weight excluding hydrogens is 230 g/mol. The van der Waals surface area contributed by atoms with Crippen molar-refractivity contribution in [1.29, 1.82) is 0 Å². The van der Waals surface area contributed by atoms with Gasteiger partial charge in [-0.05, 0) is 25.5 Å². The third-order valence-corrected chi connectivity index (χ3v) is 3.15. The van der Waals surface area contributed by atoms with E-state index in [4.69, 9.17) is 4.74 Å². The minimum absolute atomic E-state index is 0.0387. The summed E-state index contributed by atoms with van der Waals surface area (Å²) in [5, 5.41) is 9.49. The van der Waals surface area contributed by atoms with E-state index in [9.17, 15) is 9.90 Å². The minimum atomic E-state index is -0.559. The Kier molecular flexibility index (Phi) is 3.87. The Morgan fingerprint density at radius 3 is 2.94 bits per heavy atom. The van der Waals surface area contributed by atoms with Gasteiger partial charge in [-0.1, -0.05) is 13.0 Å². The summed E-state index contributed by atoms with van der Waals surface area (Å²) in [6, 6.07) is 7.46. The first kappa shape index (κ1) is 12.9. The number of amides is 1. The zero-order valence-electron chi connectivity index (χ0n) is 10.8. The molecule has 1 aliphatic heterocycles. The van der Waals surface area contributed by atoms with Crippen LogP contribution in [0.15, 0.2) is 24.3 Å². The van der Waals surface area contributed by atoms with Gasteiger partial charge in [0.1, 0.15) is 5.75 Å². The molecule has 0 aromatic heterocycles. The molecule has 2 rings (SSSR count). The molecule has 4 heteroatoms. The van der Waals surface area contributed by atoms with E-state index in [1.807, 2.05) is 31.2 Å². The van der Waals surface area contributed by atoms with Crippen molar-refractivity contribution in [3.05, 3.63) is 24.3 Å². The molecule has 18 heavy (non-hydrogen) atoms. The van der Waals surface area contributed by atoms with Crippen LogP contribution in [0, 0.1) is 0 Å². The van der Waals surface area contributed by atoms with Crippen LogP contribution in [0.3, 0.4) is 0 Å². The van der Waals surface area contributed by atoms with Gasteiger partial charge in [-0.3, -0.25) is 4.79 Å². The standard InChI is InChI=1S/C14H19NO3/c1-3-10(2)18-13-6-4-5-11(7-13)15-9-12(16)8-14(15)17/h4-7,10,12,16H,3,8-9H2,1-2H3. The van der Waals surface area contributed by atoms with Crippen molar-refractivity contribution in [2.75, 3.05) is 11.4 Å². The Morgan fingerprint density at radius 1 is 1.56 bits per heavy atom. The zero-order valence-corrected chi connectivity index (χ0v) is 10.8. The molecular formula is C14H19NO3. The lowest BCUT2D eigenvalue weighted by Crippen LogP contribution is -2.25. The van der Waals surface area contributed by atoms with Crippen LogP contribution < -0.4 is 9.64 Å². The molecule has 2 unspecified atom stereocenters. The highest BCUT2D eigenvalue weighted by molar-refractivity contribution is 5.96. The van der Waals surface area contributed by atoms with Crippen molar-refractivity contribution in [3.63, 3.8) is 0 Å². The number of aliphatic hydroxyl groups is 1. The number of carbonyl (C=O) groups excluding carboxylic acids is 1. The number of carbonyl (C=O) groups is 1. The molecule has 98 valence electrons. The Morgan fingerprint density at radius 2 is 2.33 bits per heavy atom. The number of hydrogen-bond acceptors (Lipinski definition) is 3. The Hall–Kier alpha value is -1.55. The summed E-state index contributed by atoms with van der Waals surface area (Å²) < 4.78 is 5.73. The summed E-state index contributed by atoms with van der Waals surface area (Å²) in [6.45, 7) is 4.44. The van der Waals surface area contributed by atoms with Crippen LogP contribution in [0.2, 0.25) is 0 Å². The number of rotatable bonds is 4. The highest BCUT2D eigenvalue weighted by Crippen LogP contribution is 2.26. The van der Waals surface area contributed by atoms with Crippen LogP contribution in [0.1, 0.15) is 26.7 Å². The minimum Gasteiger partial charge on any atom is -0.491 e. The molecule has 1 aromatic carbocycles. The lowest BCUT2D eigenvalue weighted by atomic mass is 10.2. The molecule has 2 atom stereocenters. The van der Waals surface area contributed by atoms with Crippen LogP contribution in [0.4, 0.5) is 5.69 Å². The molecule has 1 aliphatic rings. The van der Waals surface area contributed by atoms with E-state index in [0.29, 0.717) is 6.54 Å². The predicted molar refractivity (Wildman–Crippen MR) is 69.8 cm³/mol. The maximum absolute atomic E-state index is 11.7. The number of aliphatic hydroxyl groups excluding tert-OH is 1. The van der Waals surface area contributed by atoms with Gasteiger partial charge in [-0.15, -0.1) is 0 Å². The summed E-state index contributed by atoms with van der Waals surface area (Å²) >= 11 is 0. The van der Waals surface area contributed by atoms with E-state index in [1.165, 1.54) is 0 Å². The molecule has 1 amide bonds. The first-order valence-electron chi connectivity index (χ1n) is 6.35. The van der Waals surface area contributed by atoms with Crippen LogP contribution in [0.5, 0.6) is 5.75 Å². The number of benzene rings is 1. The average molecular weight is 249 g/mol. The summed E-state index contributed by atoms with van der Waals surface area (Å²) in [6.07, 6.45) is 0.735. The molecule has 0 spiro atoms. The number of hydrogen-bond donors (Lipinski definition) is 1. The van der Waals surface area contributed by atoms with Gasteiger partial charge in [-0.25, -0.2) is 0 Å². The third kappa shape index (κ3) is 2.82. The van der Waals surface area contributed by atoms with Crippen molar-refractivity contribution < 1.29 is 14.6 Å². The average Bonchev–Trinajstić information content (AvgIpc) is 2.68. The molecule has 4 nitrogen and oxygen atoms in total. The Balaban J connectivity index is 2.14. The molecule has 0 radical (unpaired) electrons. The van der Waals surface area contributed by atoms with Crippen LogP contribution in [0.25, 0.3) is 0 Å². The fourth-order valence-corrected chi connectivity index (χ4v) is 1.98. The van der Waals surface area contributed by atoms with Crippen LogP contribution in [-0.2, 0) is 4.79 Å². The molecule has 0 bridgehead atoms. The van der Waals surface area contributed by atoms with Crippen molar-refractivity contribution in [2.24, 2.45) is 0 Å². The number of anilines is 1. The Labute approximate surface area is 107 Å². The van der Waals surface area contributed by atoms with Gasteiger partial charge < -0.3 is 14.7 Å². The number of β-amino-alcohol motifs (C(OH)–C–C–N with tert-alkyl or cyclic N) is 1. The topological polar surface area (TPSA) is 49.8 Å². The summed E-state index contributed by atoms with van der Waals surface area (Å²) in [5.41, 5.74) is 0.789. The number of nitrogens with zero attached hydrogens (tertiary/aromatic N) is 1. The van der Waals surface area contributed by atoms with E-state index in [0.717, 1.165) is 17.9 Å². The van der Waals surface area contributed by atoms with E-state index >= 15 is 0 Å². The van der Waals surface area contributed by atoms with E-state index in [2.05, 4.69) is 6.92 Å². The maximum atomic E-state index is 11.7. The first-order valence-corrected chi connectivity index (χ1v) is 6.35. The monoisotopic (exact) mass is 249 g/mol. The highest BCUT2D eigenvalue weighted by atomic mass is 16.5. The van der Waals surface area contributed by atoms with Gasteiger partial charge >= 0.3 is 0 Å². The Bertz CT molecular complexity index is 433. The SMILES string of the molecule is CCC(C)Oc1cccc(N2CC(O)CC2=O)c1. The third-order valence-electron chi connectivity index (χ3n) is 3.15. The second-order valence-corrected chi connectivity index (χ2v) is 4.70. The lowest BCUT2D eigenvalue weighted by Gasteiger charge is -2.18. The van der Waals surface area contributed by atoms with Crippen molar-refractivity contribution in [1.82, 2.24) is 0 Å². The lowest BCUT2D eigenvalue weighted by molar-refractivity contribution is -0.117. The van der Waals surface area contributed by atoms with Gasteiger partial charge in [0, 0.05) is 11.8 Å². The van der Waals surface area contributed by atoms with Crippen LogP contribution >= 0.6 is 0 Å². The molecule has 0 saturated carbocycles. The van der Waals surface area contributed by atoms with Gasteiger partial charge in [0.25, 0.3) is 0 Å². The predicted octanol–water partition coefficient (Wildman–Crippen LogP) is 1.96. The molecule has 1 N–H and O–H groups in total. The van der Waals surface area contributed by atoms with Gasteiger partial charge in [0.15, 0.2) is 0 Å². The van der Waals surface area contributed by atoms with E-state index in [1.54, 1.807) is 4.90 Å². The molecule has 1 aromatic rings. The highest BCUT2D eigenvalue weighted by Gasteiger charge is 2.29. The maximum Gasteiger partial charge on any atom is 0.229 e. The first-order chi connectivity index (χ1) is 8.60. The smallest absolute Gasteiger partial charge is 0.229 e. The fraction of sp³-hybridized carbons (Fsp3) is 0.500. The normalized spacial score (nSPS) is 21.2.